The molecular formula is C16H17N3O2. The molecule has 0 saturated heterocycles. The molecule has 21 heavy (non-hydrogen) atoms. The van der Waals surface area contributed by atoms with Gasteiger partial charge in [-0.15, -0.1) is 0 Å². The fraction of sp³-hybridized carbons (Fsp3) is 0.188. The number of hydrogen-bond donors (Lipinski definition) is 2. The first-order chi connectivity index (χ1) is 10.2. The molecule has 1 aromatic heterocycles. The van der Waals surface area contributed by atoms with Crippen LogP contribution in [-0.2, 0) is 6.54 Å². The van der Waals surface area contributed by atoms with Crippen molar-refractivity contribution in [2.45, 2.75) is 6.54 Å². The van der Waals surface area contributed by atoms with Gasteiger partial charge in [0.25, 0.3) is 0 Å². The number of benzene rings is 2. The lowest BCUT2D eigenvalue weighted by Gasteiger charge is -2.09. The molecule has 0 radical (unpaired) electrons. The van der Waals surface area contributed by atoms with Gasteiger partial charge in [0, 0.05) is 12.1 Å². The smallest absolute Gasteiger partial charge is 0.141 e. The van der Waals surface area contributed by atoms with E-state index in [1.807, 2.05) is 47.0 Å². The van der Waals surface area contributed by atoms with Crippen molar-refractivity contribution in [2.24, 2.45) is 0 Å². The maximum atomic E-state index is 9.31. The summed E-state index contributed by atoms with van der Waals surface area (Å²) in [6, 6.07) is 13.5. The first kappa shape index (κ1) is 13.5. The van der Waals surface area contributed by atoms with Gasteiger partial charge in [-0.2, -0.15) is 0 Å². The molecule has 0 aliphatic heterocycles. The van der Waals surface area contributed by atoms with Crippen molar-refractivity contribution in [1.82, 2.24) is 9.55 Å². The highest BCUT2D eigenvalue weighted by molar-refractivity contribution is 5.81. The molecule has 1 heterocycles. The molecule has 108 valence electrons. The molecule has 3 rings (SSSR count). The zero-order valence-corrected chi connectivity index (χ0v) is 11.8. The Hall–Kier alpha value is -2.53. The summed E-state index contributed by atoms with van der Waals surface area (Å²) in [5.41, 5.74) is 9.34. The van der Waals surface area contributed by atoms with Crippen LogP contribution in [0.4, 0.5) is 5.69 Å². The van der Waals surface area contributed by atoms with Gasteiger partial charge in [0.2, 0.25) is 0 Å². The van der Waals surface area contributed by atoms with Crippen molar-refractivity contribution in [3.63, 3.8) is 0 Å². The molecule has 0 aliphatic carbocycles. The molecule has 0 fully saturated rings. The molecule has 3 aromatic rings. The standard InChI is InChI=1S/C16H17N3O2/c1-21-15-7-6-11(10-12(15)17)16-18-13-4-2-3-5-14(13)19(16)8-9-20/h2-7,10,20H,8-9,17H2,1H3. The molecule has 2 aromatic carbocycles. The average molecular weight is 283 g/mol. The molecule has 0 amide bonds. The van der Waals surface area contributed by atoms with E-state index >= 15 is 0 Å². The van der Waals surface area contributed by atoms with Crippen LogP contribution in [0.2, 0.25) is 0 Å². The number of nitrogens with zero attached hydrogens (tertiary/aromatic N) is 2. The number of aliphatic hydroxyl groups is 1. The predicted octanol–water partition coefficient (Wildman–Crippen LogP) is 2.29. The van der Waals surface area contributed by atoms with E-state index in [1.54, 1.807) is 7.11 Å². The number of para-hydroxylation sites is 2. The number of rotatable bonds is 4. The largest absolute Gasteiger partial charge is 0.495 e. The Labute approximate surface area is 122 Å². The van der Waals surface area contributed by atoms with E-state index in [0.29, 0.717) is 18.0 Å². The van der Waals surface area contributed by atoms with Crippen LogP contribution in [-0.4, -0.2) is 28.4 Å². The summed E-state index contributed by atoms with van der Waals surface area (Å²) in [4.78, 5) is 4.65. The van der Waals surface area contributed by atoms with Gasteiger partial charge >= 0.3 is 0 Å². The molecule has 5 nitrogen and oxygen atoms in total. The highest BCUT2D eigenvalue weighted by Gasteiger charge is 2.13. The SMILES string of the molecule is COc1ccc(-c2nc3ccccc3n2CCO)cc1N. The maximum Gasteiger partial charge on any atom is 0.141 e. The van der Waals surface area contributed by atoms with Gasteiger partial charge in [-0.05, 0) is 30.3 Å². The Morgan fingerprint density at radius 1 is 1.24 bits per heavy atom. The number of nitrogens with two attached hydrogens (primary N) is 1. The van der Waals surface area contributed by atoms with Gasteiger partial charge in [0.05, 0.1) is 30.4 Å². The number of hydrogen-bond acceptors (Lipinski definition) is 4. The summed E-state index contributed by atoms with van der Waals surface area (Å²) in [6.45, 7) is 0.542. The molecule has 0 spiro atoms. The Bertz CT molecular complexity index is 780. The third-order valence-corrected chi connectivity index (χ3v) is 3.47. The van der Waals surface area contributed by atoms with E-state index in [2.05, 4.69) is 4.98 Å². The fourth-order valence-electron chi connectivity index (χ4n) is 2.50. The van der Waals surface area contributed by atoms with E-state index in [4.69, 9.17) is 10.5 Å². The third kappa shape index (κ3) is 2.32. The number of methoxy groups -OCH3 is 1. The number of ether oxygens (including phenoxy) is 1. The lowest BCUT2D eigenvalue weighted by atomic mass is 10.1. The van der Waals surface area contributed by atoms with Gasteiger partial charge in [-0.1, -0.05) is 12.1 Å². The average Bonchev–Trinajstić information content (AvgIpc) is 2.87. The van der Waals surface area contributed by atoms with E-state index in [9.17, 15) is 5.11 Å². The number of aromatic nitrogens is 2. The monoisotopic (exact) mass is 283 g/mol. The minimum absolute atomic E-state index is 0.0546. The third-order valence-electron chi connectivity index (χ3n) is 3.47. The summed E-state index contributed by atoms with van der Waals surface area (Å²) < 4.78 is 7.18. The number of imidazole rings is 1. The minimum atomic E-state index is 0.0546. The lowest BCUT2D eigenvalue weighted by Crippen LogP contribution is -2.04. The Balaban J connectivity index is 2.19. The summed E-state index contributed by atoms with van der Waals surface area (Å²) >= 11 is 0. The molecule has 0 atom stereocenters. The van der Waals surface area contributed by atoms with Crippen LogP contribution in [0.15, 0.2) is 42.5 Å². The Kier molecular flexibility index (Phi) is 3.50. The van der Waals surface area contributed by atoms with Gasteiger partial charge in [-0.25, -0.2) is 4.98 Å². The number of nitrogen functional groups attached to an aromatic ring is 1. The van der Waals surface area contributed by atoms with Crippen LogP contribution in [0.25, 0.3) is 22.4 Å². The summed E-state index contributed by atoms with van der Waals surface area (Å²) in [6.07, 6.45) is 0. The quantitative estimate of drug-likeness (QED) is 0.720. The van der Waals surface area contributed by atoms with Gasteiger partial charge < -0.3 is 20.1 Å². The van der Waals surface area contributed by atoms with Crippen LogP contribution in [0.3, 0.4) is 0 Å². The van der Waals surface area contributed by atoms with E-state index < -0.39 is 0 Å². The summed E-state index contributed by atoms with van der Waals surface area (Å²) in [5, 5.41) is 9.31. The zero-order chi connectivity index (χ0) is 14.8. The molecule has 0 bridgehead atoms. The summed E-state index contributed by atoms with van der Waals surface area (Å²) in [7, 11) is 1.59. The molecule has 0 unspecified atom stereocenters. The van der Waals surface area contributed by atoms with Crippen LogP contribution < -0.4 is 10.5 Å². The second kappa shape index (κ2) is 5.46. The molecular weight excluding hydrogens is 266 g/mol. The highest BCUT2D eigenvalue weighted by Crippen LogP contribution is 2.30. The molecule has 3 N–H and O–H groups in total. The van der Waals surface area contributed by atoms with E-state index in [1.165, 1.54) is 0 Å². The second-order valence-corrected chi connectivity index (χ2v) is 4.76. The molecule has 0 saturated carbocycles. The zero-order valence-electron chi connectivity index (χ0n) is 11.8. The van der Waals surface area contributed by atoms with Gasteiger partial charge in [0.15, 0.2) is 0 Å². The number of fused-ring (bicyclic) bond motifs is 1. The minimum Gasteiger partial charge on any atom is -0.495 e. The number of anilines is 1. The lowest BCUT2D eigenvalue weighted by molar-refractivity contribution is 0.278. The second-order valence-electron chi connectivity index (χ2n) is 4.76. The van der Waals surface area contributed by atoms with Crippen LogP contribution in [0.5, 0.6) is 5.75 Å². The van der Waals surface area contributed by atoms with E-state index in [-0.39, 0.29) is 6.61 Å². The Morgan fingerprint density at radius 2 is 2.05 bits per heavy atom. The first-order valence-electron chi connectivity index (χ1n) is 6.74. The van der Waals surface area contributed by atoms with Crippen molar-refractivity contribution in [3.05, 3.63) is 42.5 Å². The maximum absolute atomic E-state index is 9.31. The normalized spacial score (nSPS) is 11.0. The van der Waals surface area contributed by atoms with Crippen LogP contribution in [0, 0.1) is 0 Å². The fourth-order valence-corrected chi connectivity index (χ4v) is 2.50. The van der Waals surface area contributed by atoms with E-state index in [0.717, 1.165) is 22.4 Å². The van der Waals surface area contributed by atoms with Crippen molar-refractivity contribution in [1.29, 1.82) is 0 Å². The van der Waals surface area contributed by atoms with Crippen molar-refractivity contribution >= 4 is 16.7 Å². The van der Waals surface area contributed by atoms with Crippen LogP contribution in [0.1, 0.15) is 0 Å². The van der Waals surface area contributed by atoms with Crippen molar-refractivity contribution in [2.75, 3.05) is 19.5 Å². The Morgan fingerprint density at radius 3 is 2.76 bits per heavy atom. The van der Waals surface area contributed by atoms with Gasteiger partial charge in [-0.3, -0.25) is 0 Å². The molecule has 5 heteroatoms. The molecule has 0 aliphatic rings. The predicted molar refractivity (Wildman–Crippen MR) is 83.2 cm³/mol. The van der Waals surface area contributed by atoms with Crippen LogP contribution >= 0.6 is 0 Å². The highest BCUT2D eigenvalue weighted by atomic mass is 16.5. The van der Waals surface area contributed by atoms with Crippen molar-refractivity contribution < 1.29 is 9.84 Å². The van der Waals surface area contributed by atoms with Gasteiger partial charge in [0.1, 0.15) is 11.6 Å². The number of aliphatic hydroxyl groups excluding tert-OH is 1. The van der Waals surface area contributed by atoms with Crippen molar-refractivity contribution in [3.8, 4) is 17.1 Å². The summed E-state index contributed by atoms with van der Waals surface area (Å²) in [5.74, 6) is 1.43. The first-order valence-corrected chi connectivity index (χ1v) is 6.74. The topological polar surface area (TPSA) is 73.3 Å².